The van der Waals surface area contributed by atoms with Crippen molar-refractivity contribution in [3.8, 4) is 0 Å². The minimum atomic E-state index is -2.87. The molecule has 4 nitrogen and oxygen atoms in total. The van der Waals surface area contributed by atoms with E-state index in [9.17, 15) is 9.59 Å². The molecule has 0 atom stereocenters. The Morgan fingerprint density at radius 3 is 2.75 bits per heavy atom. The number of nitrogens with zero attached hydrogens (tertiary/aromatic N) is 1. The Morgan fingerprint density at radius 1 is 1.56 bits per heavy atom. The van der Waals surface area contributed by atoms with Crippen LogP contribution in [0, 0.1) is 7.14 Å². The predicted molar refractivity (Wildman–Crippen MR) is 77.4 cm³/mol. The number of hydrogen-bond donors (Lipinski definition) is 0. The molecule has 0 bridgehead atoms. The smallest absolute Gasteiger partial charge is 0.325 e. The van der Waals surface area contributed by atoms with E-state index in [2.05, 4.69) is 4.74 Å². The highest BCUT2D eigenvalue weighted by Gasteiger charge is 2.06. The van der Waals surface area contributed by atoms with E-state index in [-0.39, 0.29) is 12.0 Å². The van der Waals surface area contributed by atoms with E-state index in [0.29, 0.717) is 7.14 Å². The Balaban J connectivity index is 2.69. The molecule has 0 saturated carbocycles. The minimum absolute atomic E-state index is 0.139. The van der Waals surface area contributed by atoms with E-state index in [0.717, 1.165) is 0 Å². The maximum atomic E-state index is 11.6. The number of carbonyl (C=O) groups is 1. The molecule has 16 heavy (non-hydrogen) atoms. The zero-order valence-electron chi connectivity index (χ0n) is 13.0. The number of ether oxygens (including phenoxy) is 1. The second-order valence-corrected chi connectivity index (χ2v) is 5.12. The summed E-state index contributed by atoms with van der Waals surface area (Å²) < 4.78 is 42.6. The number of carbonyl (C=O) groups excluding carboxylic acids is 1. The normalized spacial score (nSPS) is 16.5. The lowest BCUT2D eigenvalue weighted by molar-refractivity contribution is -0.144. The summed E-state index contributed by atoms with van der Waals surface area (Å²) in [5.74, 6) is -0.779. The first-order valence-electron chi connectivity index (χ1n) is 6.65. The summed E-state index contributed by atoms with van der Waals surface area (Å²) in [6.45, 7) is -3.95. The Hall–Kier alpha value is -0.120. The van der Waals surface area contributed by atoms with Gasteiger partial charge < -0.3 is 9.30 Å². The van der Waals surface area contributed by atoms with Crippen molar-refractivity contribution >= 4 is 51.2 Å². The Bertz CT molecular complexity index is 573. The van der Waals surface area contributed by atoms with Gasteiger partial charge in [0.1, 0.15) is 6.54 Å². The van der Waals surface area contributed by atoms with Crippen LogP contribution in [0.5, 0.6) is 0 Å². The standard InChI is InChI=1S/C10H11I2NO3/c1-2-3-16-9(14)6-13-4-7(11)10(15)8(12)5-13/h4-5H,2-3,6H2,1H3/i1D3,2D2. The quantitative estimate of drug-likeness (QED) is 0.519. The van der Waals surface area contributed by atoms with Gasteiger partial charge >= 0.3 is 5.97 Å². The van der Waals surface area contributed by atoms with Crippen LogP contribution in [-0.2, 0) is 16.1 Å². The highest BCUT2D eigenvalue weighted by molar-refractivity contribution is 14.1. The van der Waals surface area contributed by atoms with Gasteiger partial charge in [0.15, 0.2) is 0 Å². The van der Waals surface area contributed by atoms with Crippen molar-refractivity contribution in [2.75, 3.05) is 6.61 Å². The largest absolute Gasteiger partial charge is 0.464 e. The van der Waals surface area contributed by atoms with Crippen LogP contribution >= 0.6 is 45.2 Å². The van der Waals surface area contributed by atoms with Crippen molar-refractivity contribution in [2.24, 2.45) is 0 Å². The van der Waals surface area contributed by atoms with Crippen LogP contribution < -0.4 is 5.43 Å². The lowest BCUT2D eigenvalue weighted by Crippen LogP contribution is -2.19. The minimum Gasteiger partial charge on any atom is -0.464 e. The monoisotopic (exact) mass is 452 g/mol. The molecule has 0 amide bonds. The molecule has 0 fully saturated rings. The topological polar surface area (TPSA) is 48.3 Å². The highest BCUT2D eigenvalue weighted by atomic mass is 127. The van der Waals surface area contributed by atoms with Gasteiger partial charge in [-0.05, 0) is 51.6 Å². The van der Waals surface area contributed by atoms with Gasteiger partial charge in [0, 0.05) is 19.2 Å². The number of esters is 1. The van der Waals surface area contributed by atoms with Gasteiger partial charge in [-0.3, -0.25) is 9.59 Å². The molecular weight excluding hydrogens is 436 g/mol. The number of aromatic nitrogens is 1. The summed E-state index contributed by atoms with van der Waals surface area (Å²) in [4.78, 5) is 23.1. The average molecular weight is 452 g/mol. The maximum Gasteiger partial charge on any atom is 0.325 e. The molecule has 1 heterocycles. The van der Waals surface area contributed by atoms with E-state index in [1.807, 2.05) is 45.2 Å². The van der Waals surface area contributed by atoms with Crippen molar-refractivity contribution in [3.63, 3.8) is 0 Å². The Labute approximate surface area is 128 Å². The van der Waals surface area contributed by atoms with E-state index >= 15 is 0 Å². The van der Waals surface area contributed by atoms with Gasteiger partial charge in [0.25, 0.3) is 0 Å². The molecule has 0 radical (unpaired) electrons. The molecule has 1 aromatic heterocycles. The average Bonchev–Trinajstić information content (AvgIpc) is 2.32. The molecule has 0 saturated heterocycles. The van der Waals surface area contributed by atoms with Crippen molar-refractivity contribution in [1.82, 2.24) is 4.57 Å². The van der Waals surface area contributed by atoms with Crippen LogP contribution in [-0.4, -0.2) is 17.1 Å². The molecule has 0 N–H and O–H groups in total. The van der Waals surface area contributed by atoms with Crippen LogP contribution in [0.25, 0.3) is 0 Å². The summed E-state index contributed by atoms with van der Waals surface area (Å²) in [7, 11) is 0. The lowest BCUT2D eigenvalue weighted by atomic mass is 10.4. The van der Waals surface area contributed by atoms with Crippen molar-refractivity contribution < 1.29 is 16.4 Å². The zero-order valence-corrected chi connectivity index (χ0v) is 12.3. The highest BCUT2D eigenvalue weighted by Crippen LogP contribution is 2.04. The Morgan fingerprint density at radius 2 is 2.19 bits per heavy atom. The summed E-state index contributed by atoms with van der Waals surface area (Å²) >= 11 is 3.68. The van der Waals surface area contributed by atoms with E-state index in [1.165, 1.54) is 17.0 Å². The van der Waals surface area contributed by atoms with Crippen LogP contribution in [0.1, 0.15) is 20.1 Å². The molecule has 0 aromatic carbocycles. The maximum absolute atomic E-state index is 11.6. The van der Waals surface area contributed by atoms with E-state index < -0.39 is 25.8 Å². The predicted octanol–water partition coefficient (Wildman–Crippen LogP) is 2.01. The SMILES string of the molecule is [2H]C([2H])([2H])C([2H])([2H])COC(=O)Cn1cc(I)c(=O)c(I)c1. The first-order chi connectivity index (χ1) is 9.44. The molecule has 88 valence electrons. The van der Waals surface area contributed by atoms with Gasteiger partial charge in [-0.15, -0.1) is 0 Å². The fourth-order valence-corrected chi connectivity index (χ4v) is 2.78. The molecule has 1 rings (SSSR count). The van der Waals surface area contributed by atoms with Crippen molar-refractivity contribution in [1.29, 1.82) is 0 Å². The zero-order chi connectivity index (χ0) is 16.4. The second kappa shape index (κ2) is 6.58. The molecule has 0 unspecified atom stereocenters. The number of rotatable bonds is 4. The molecular formula is C10H11I2NO3. The second-order valence-electron chi connectivity index (χ2n) is 2.79. The fraction of sp³-hybridized carbons (Fsp3) is 0.400. The molecule has 0 aliphatic heterocycles. The van der Waals surface area contributed by atoms with Gasteiger partial charge in [0.2, 0.25) is 5.43 Å². The third kappa shape index (κ3) is 4.04. The summed E-state index contributed by atoms with van der Waals surface area (Å²) in [6, 6.07) is 0. The summed E-state index contributed by atoms with van der Waals surface area (Å²) in [5.41, 5.74) is -0.139. The van der Waals surface area contributed by atoms with Crippen LogP contribution in [0.3, 0.4) is 0 Å². The third-order valence-corrected chi connectivity index (χ3v) is 3.15. The van der Waals surface area contributed by atoms with Gasteiger partial charge in [-0.25, -0.2) is 0 Å². The van der Waals surface area contributed by atoms with Crippen LogP contribution in [0.2, 0.25) is 0 Å². The Kier molecular flexibility index (Phi) is 3.31. The number of pyridine rings is 1. The lowest BCUT2D eigenvalue weighted by Gasteiger charge is -2.07. The van der Waals surface area contributed by atoms with Crippen molar-refractivity contribution in [2.45, 2.75) is 19.8 Å². The van der Waals surface area contributed by atoms with E-state index in [1.54, 1.807) is 0 Å². The molecule has 1 aromatic rings. The molecule has 0 aliphatic carbocycles. The van der Waals surface area contributed by atoms with Gasteiger partial charge in [0.05, 0.1) is 13.7 Å². The van der Waals surface area contributed by atoms with Gasteiger partial charge in [-0.1, -0.05) is 6.85 Å². The van der Waals surface area contributed by atoms with Crippen LogP contribution in [0.15, 0.2) is 17.2 Å². The summed E-state index contributed by atoms with van der Waals surface area (Å²) in [6.07, 6.45) is 0.324. The number of halogens is 2. The van der Waals surface area contributed by atoms with E-state index in [4.69, 9.17) is 6.85 Å². The molecule has 0 aliphatic rings. The van der Waals surface area contributed by atoms with Crippen molar-refractivity contribution in [3.05, 3.63) is 29.8 Å². The first-order valence-corrected chi connectivity index (χ1v) is 6.30. The molecule has 6 heteroatoms. The van der Waals surface area contributed by atoms with Gasteiger partial charge in [-0.2, -0.15) is 0 Å². The molecule has 0 spiro atoms. The number of hydrogen-bond acceptors (Lipinski definition) is 3. The first kappa shape index (κ1) is 8.06. The third-order valence-electron chi connectivity index (χ3n) is 1.61. The summed E-state index contributed by atoms with van der Waals surface area (Å²) in [5, 5.41) is 0. The fourth-order valence-electron chi connectivity index (χ4n) is 0.962. The van der Waals surface area contributed by atoms with Crippen LogP contribution in [0.4, 0.5) is 0 Å².